The molecular formula is C18H23N3O2. The molecule has 1 heterocycles. The largest absolute Gasteiger partial charge is 0.444 e. The molecule has 122 valence electrons. The summed E-state index contributed by atoms with van der Waals surface area (Å²) in [6.07, 6.45) is 4.92. The van der Waals surface area contributed by atoms with Crippen LogP contribution in [0.5, 0.6) is 0 Å². The minimum Gasteiger partial charge on any atom is -0.444 e. The second kappa shape index (κ2) is 7.42. The van der Waals surface area contributed by atoms with Gasteiger partial charge in [0.25, 0.3) is 0 Å². The molecule has 1 aromatic heterocycles. The van der Waals surface area contributed by atoms with Crippen LogP contribution in [0.3, 0.4) is 0 Å². The first kappa shape index (κ1) is 15.7. The molecule has 3 rings (SSSR count). The predicted molar refractivity (Wildman–Crippen MR) is 89.0 cm³/mol. The van der Waals surface area contributed by atoms with Crippen molar-refractivity contribution in [2.75, 3.05) is 19.6 Å². The van der Waals surface area contributed by atoms with Crippen LogP contribution in [0, 0.1) is 12.8 Å². The molecule has 0 bridgehead atoms. The summed E-state index contributed by atoms with van der Waals surface area (Å²) in [5.41, 5.74) is 3.03. The van der Waals surface area contributed by atoms with Gasteiger partial charge in [-0.1, -0.05) is 17.7 Å². The molecule has 23 heavy (non-hydrogen) atoms. The van der Waals surface area contributed by atoms with Crippen molar-refractivity contribution in [2.24, 2.45) is 5.92 Å². The second-order valence-corrected chi connectivity index (χ2v) is 6.18. The number of aromatic nitrogens is 1. The van der Waals surface area contributed by atoms with Crippen LogP contribution in [-0.4, -0.2) is 30.5 Å². The summed E-state index contributed by atoms with van der Waals surface area (Å²) in [4.78, 5) is 16.1. The predicted octanol–water partition coefficient (Wildman–Crippen LogP) is 2.31. The van der Waals surface area contributed by atoms with E-state index in [0.29, 0.717) is 25.4 Å². The molecule has 0 radical (unpaired) electrons. The Hall–Kier alpha value is -2.14. The zero-order valence-corrected chi connectivity index (χ0v) is 13.5. The van der Waals surface area contributed by atoms with E-state index in [2.05, 4.69) is 15.6 Å². The molecule has 2 aromatic rings. The number of nitrogens with one attached hydrogen (secondary N) is 2. The third-order valence-corrected chi connectivity index (χ3v) is 3.97. The van der Waals surface area contributed by atoms with Crippen molar-refractivity contribution in [2.45, 2.75) is 26.2 Å². The molecule has 0 atom stereocenters. The maximum absolute atomic E-state index is 11.7. The van der Waals surface area contributed by atoms with Crippen LogP contribution in [0.15, 0.2) is 34.9 Å². The average Bonchev–Trinajstić information content (AvgIpc) is 3.25. The van der Waals surface area contributed by atoms with Crippen molar-refractivity contribution in [3.63, 3.8) is 0 Å². The Balaban J connectivity index is 1.40. The van der Waals surface area contributed by atoms with Crippen LogP contribution in [0.4, 0.5) is 0 Å². The molecule has 1 fully saturated rings. The minimum absolute atomic E-state index is 0.0351. The molecule has 0 unspecified atom stereocenters. The van der Waals surface area contributed by atoms with Gasteiger partial charge < -0.3 is 15.1 Å². The van der Waals surface area contributed by atoms with E-state index in [9.17, 15) is 4.79 Å². The zero-order valence-electron chi connectivity index (χ0n) is 13.5. The van der Waals surface area contributed by atoms with E-state index in [0.717, 1.165) is 23.7 Å². The first-order valence-corrected chi connectivity index (χ1v) is 8.19. The number of aryl methyl sites for hydroxylation is 1. The summed E-state index contributed by atoms with van der Waals surface area (Å²) in [7, 11) is 0. The lowest BCUT2D eigenvalue weighted by atomic mass is 10.1. The third kappa shape index (κ3) is 4.93. The molecule has 1 aliphatic carbocycles. The fourth-order valence-corrected chi connectivity index (χ4v) is 2.35. The summed E-state index contributed by atoms with van der Waals surface area (Å²) in [5, 5.41) is 6.08. The fourth-order valence-electron chi connectivity index (χ4n) is 2.35. The van der Waals surface area contributed by atoms with E-state index in [1.165, 1.54) is 18.4 Å². The molecule has 1 aromatic carbocycles. The Morgan fingerprint density at radius 3 is 2.83 bits per heavy atom. The summed E-state index contributed by atoms with van der Waals surface area (Å²) in [6, 6.07) is 8.07. The van der Waals surface area contributed by atoms with E-state index in [4.69, 9.17) is 4.42 Å². The van der Waals surface area contributed by atoms with Gasteiger partial charge in [-0.15, -0.1) is 0 Å². The molecule has 5 nitrogen and oxygen atoms in total. The standard InChI is InChI=1S/C18H23N3O2/c1-13-2-6-15(7-3-13)18-21-16(12-23-18)8-9-20-17(22)11-19-10-14-4-5-14/h2-3,6-7,12,14,19H,4-5,8-11H2,1H3,(H,20,22). The molecule has 0 aliphatic heterocycles. The summed E-state index contributed by atoms with van der Waals surface area (Å²) < 4.78 is 5.51. The van der Waals surface area contributed by atoms with Gasteiger partial charge in [-0.2, -0.15) is 0 Å². The Morgan fingerprint density at radius 1 is 1.30 bits per heavy atom. The van der Waals surface area contributed by atoms with E-state index in [1.807, 2.05) is 31.2 Å². The van der Waals surface area contributed by atoms with E-state index < -0.39 is 0 Å². The van der Waals surface area contributed by atoms with Gasteiger partial charge in [0.15, 0.2) is 0 Å². The molecule has 0 spiro atoms. The molecule has 0 saturated heterocycles. The normalized spacial score (nSPS) is 14.0. The number of amides is 1. The van der Waals surface area contributed by atoms with Crippen LogP contribution in [-0.2, 0) is 11.2 Å². The monoisotopic (exact) mass is 313 g/mol. The lowest BCUT2D eigenvalue weighted by Gasteiger charge is -2.05. The summed E-state index contributed by atoms with van der Waals surface area (Å²) in [5.74, 6) is 1.45. The van der Waals surface area contributed by atoms with Gasteiger partial charge in [0.1, 0.15) is 6.26 Å². The van der Waals surface area contributed by atoms with E-state index >= 15 is 0 Å². The summed E-state index contributed by atoms with van der Waals surface area (Å²) >= 11 is 0. The van der Waals surface area contributed by atoms with Gasteiger partial charge in [-0.05, 0) is 44.4 Å². The minimum atomic E-state index is 0.0351. The Morgan fingerprint density at radius 2 is 2.09 bits per heavy atom. The first-order valence-electron chi connectivity index (χ1n) is 8.19. The van der Waals surface area contributed by atoms with Crippen LogP contribution in [0.1, 0.15) is 24.1 Å². The number of hydrogen-bond acceptors (Lipinski definition) is 4. The highest BCUT2D eigenvalue weighted by molar-refractivity contribution is 5.77. The summed E-state index contributed by atoms with van der Waals surface area (Å²) in [6.45, 7) is 3.97. The highest BCUT2D eigenvalue weighted by Gasteiger charge is 2.20. The molecule has 2 N–H and O–H groups in total. The van der Waals surface area contributed by atoms with Crippen LogP contribution >= 0.6 is 0 Å². The van der Waals surface area contributed by atoms with Gasteiger partial charge in [0.2, 0.25) is 11.8 Å². The highest BCUT2D eigenvalue weighted by Crippen LogP contribution is 2.27. The van der Waals surface area contributed by atoms with Gasteiger partial charge in [-0.25, -0.2) is 4.98 Å². The van der Waals surface area contributed by atoms with Crippen LogP contribution in [0.2, 0.25) is 0 Å². The topological polar surface area (TPSA) is 67.2 Å². The van der Waals surface area contributed by atoms with Crippen molar-refractivity contribution in [1.29, 1.82) is 0 Å². The number of benzene rings is 1. The lowest BCUT2D eigenvalue weighted by Crippen LogP contribution is -2.35. The number of nitrogens with zero attached hydrogens (tertiary/aromatic N) is 1. The Labute approximate surface area is 136 Å². The maximum atomic E-state index is 11.7. The SMILES string of the molecule is Cc1ccc(-c2nc(CCNC(=O)CNCC3CC3)co2)cc1. The molecule has 1 saturated carbocycles. The second-order valence-electron chi connectivity index (χ2n) is 6.18. The average molecular weight is 313 g/mol. The fraction of sp³-hybridized carbons (Fsp3) is 0.444. The maximum Gasteiger partial charge on any atom is 0.233 e. The number of oxazole rings is 1. The third-order valence-electron chi connectivity index (χ3n) is 3.97. The van der Waals surface area contributed by atoms with Crippen LogP contribution < -0.4 is 10.6 Å². The smallest absolute Gasteiger partial charge is 0.233 e. The van der Waals surface area contributed by atoms with Crippen molar-refractivity contribution in [3.8, 4) is 11.5 Å². The van der Waals surface area contributed by atoms with Crippen molar-refractivity contribution < 1.29 is 9.21 Å². The quantitative estimate of drug-likeness (QED) is 0.785. The molecule has 1 amide bonds. The van der Waals surface area contributed by atoms with Crippen molar-refractivity contribution >= 4 is 5.91 Å². The highest BCUT2D eigenvalue weighted by atomic mass is 16.3. The van der Waals surface area contributed by atoms with E-state index in [1.54, 1.807) is 6.26 Å². The van der Waals surface area contributed by atoms with Gasteiger partial charge in [-0.3, -0.25) is 4.79 Å². The first-order chi connectivity index (χ1) is 11.2. The van der Waals surface area contributed by atoms with E-state index in [-0.39, 0.29) is 5.91 Å². The number of carbonyl (C=O) groups is 1. The number of hydrogen-bond donors (Lipinski definition) is 2. The van der Waals surface area contributed by atoms with Gasteiger partial charge in [0, 0.05) is 18.5 Å². The lowest BCUT2D eigenvalue weighted by molar-refractivity contribution is -0.120. The van der Waals surface area contributed by atoms with Crippen molar-refractivity contribution in [1.82, 2.24) is 15.6 Å². The van der Waals surface area contributed by atoms with Gasteiger partial charge in [0.05, 0.1) is 12.2 Å². The van der Waals surface area contributed by atoms with Gasteiger partial charge >= 0.3 is 0 Å². The Kier molecular flexibility index (Phi) is 5.08. The zero-order chi connectivity index (χ0) is 16.1. The molecular weight excluding hydrogens is 290 g/mol. The molecule has 5 heteroatoms. The van der Waals surface area contributed by atoms with Crippen molar-refractivity contribution in [3.05, 3.63) is 41.8 Å². The molecule has 1 aliphatic rings. The van der Waals surface area contributed by atoms with Crippen LogP contribution in [0.25, 0.3) is 11.5 Å². The number of rotatable bonds is 8. The Bertz CT molecular complexity index is 645. The number of carbonyl (C=O) groups excluding carboxylic acids is 1.